The number of aromatic amines is 1. The molecule has 3 rings (SSSR count). The van der Waals surface area contributed by atoms with Gasteiger partial charge in [0.25, 0.3) is 5.56 Å². The fourth-order valence-electron chi connectivity index (χ4n) is 3.10. The zero-order valence-corrected chi connectivity index (χ0v) is 18.1. The number of para-hydroxylation sites is 1. The van der Waals surface area contributed by atoms with E-state index in [0.717, 1.165) is 22.8 Å². The number of hydrogen-bond acceptors (Lipinski definition) is 3. The van der Waals surface area contributed by atoms with Crippen molar-refractivity contribution in [2.24, 2.45) is 0 Å². The minimum atomic E-state index is -0.342. The number of H-pyrrole nitrogens is 1. The first-order valence-electron chi connectivity index (χ1n) is 9.38. The lowest BCUT2D eigenvalue weighted by molar-refractivity contribution is -0.121. The van der Waals surface area contributed by atoms with E-state index in [-0.39, 0.29) is 23.8 Å². The molecule has 0 aliphatic heterocycles. The zero-order valence-electron chi connectivity index (χ0n) is 15.7. The molecule has 1 heterocycles. The molecule has 0 saturated heterocycles. The van der Waals surface area contributed by atoms with E-state index in [1.807, 2.05) is 18.2 Å². The van der Waals surface area contributed by atoms with E-state index in [4.69, 9.17) is 12.2 Å². The molecule has 8 heteroatoms. The van der Waals surface area contributed by atoms with Crippen LogP contribution < -0.4 is 10.9 Å². The highest BCUT2D eigenvalue weighted by Crippen LogP contribution is 2.15. The Labute approximate surface area is 181 Å². The van der Waals surface area contributed by atoms with Gasteiger partial charge in [0.05, 0.1) is 10.9 Å². The molecule has 0 unspecified atom stereocenters. The third kappa shape index (κ3) is 5.61. The fraction of sp³-hybridized carbons (Fsp3) is 0.286. The van der Waals surface area contributed by atoms with Crippen molar-refractivity contribution >= 4 is 45.0 Å². The van der Waals surface area contributed by atoms with Gasteiger partial charge in [0.15, 0.2) is 4.77 Å². The zero-order chi connectivity index (χ0) is 20.8. The molecule has 0 atom stereocenters. The van der Waals surface area contributed by atoms with Gasteiger partial charge >= 0.3 is 0 Å². The van der Waals surface area contributed by atoms with Crippen molar-refractivity contribution in [3.05, 3.63) is 73.4 Å². The molecular formula is C21H21BrFN3O2S. The van der Waals surface area contributed by atoms with Crippen LogP contribution in [0.15, 0.2) is 51.7 Å². The average Bonchev–Trinajstić information content (AvgIpc) is 2.70. The summed E-state index contributed by atoms with van der Waals surface area (Å²) >= 11 is 8.59. The molecule has 0 radical (unpaired) electrons. The van der Waals surface area contributed by atoms with Crippen LogP contribution in [-0.2, 0) is 17.9 Å². The maximum absolute atomic E-state index is 13.7. The van der Waals surface area contributed by atoms with Crippen molar-refractivity contribution in [3.63, 3.8) is 0 Å². The maximum atomic E-state index is 13.7. The van der Waals surface area contributed by atoms with Crippen LogP contribution >= 0.6 is 28.1 Å². The Balaban J connectivity index is 1.45. The van der Waals surface area contributed by atoms with Crippen molar-refractivity contribution in [2.75, 3.05) is 0 Å². The highest BCUT2D eigenvalue weighted by atomic mass is 79.9. The Morgan fingerprint density at radius 2 is 1.97 bits per heavy atom. The van der Waals surface area contributed by atoms with Gasteiger partial charge in [-0.15, -0.1) is 0 Å². The molecule has 0 aliphatic carbocycles. The molecule has 0 bridgehead atoms. The third-order valence-corrected chi connectivity index (χ3v) is 5.47. The summed E-state index contributed by atoms with van der Waals surface area (Å²) in [5.74, 6) is -0.463. The molecule has 152 valence electrons. The van der Waals surface area contributed by atoms with E-state index >= 15 is 0 Å². The van der Waals surface area contributed by atoms with E-state index in [0.29, 0.717) is 35.1 Å². The highest BCUT2D eigenvalue weighted by Gasteiger charge is 2.07. The molecular weight excluding hydrogens is 457 g/mol. The molecule has 2 aromatic carbocycles. The molecule has 0 fully saturated rings. The predicted molar refractivity (Wildman–Crippen MR) is 118 cm³/mol. The first-order valence-corrected chi connectivity index (χ1v) is 10.6. The number of aromatic nitrogens is 2. The van der Waals surface area contributed by atoms with Crippen LogP contribution in [0.1, 0.15) is 31.2 Å². The lowest BCUT2D eigenvalue weighted by atomic mass is 10.1. The second kappa shape index (κ2) is 9.93. The number of nitrogens with zero attached hydrogens (tertiary/aromatic N) is 1. The molecule has 3 aromatic rings. The quantitative estimate of drug-likeness (QED) is 0.360. The fourth-order valence-corrected chi connectivity index (χ4v) is 3.79. The second-order valence-electron chi connectivity index (χ2n) is 6.76. The van der Waals surface area contributed by atoms with E-state index in [1.54, 1.807) is 22.8 Å². The summed E-state index contributed by atoms with van der Waals surface area (Å²) in [6.45, 7) is 0.662. The highest BCUT2D eigenvalue weighted by molar-refractivity contribution is 9.10. The SMILES string of the molecule is O=C(CCCCCn1c(=S)[nH]c2ccccc2c1=O)NCc1cc(Br)ccc1F. The van der Waals surface area contributed by atoms with Gasteiger partial charge in [0.1, 0.15) is 5.82 Å². The van der Waals surface area contributed by atoms with Crippen LogP contribution in [0.3, 0.4) is 0 Å². The van der Waals surface area contributed by atoms with Gasteiger partial charge < -0.3 is 10.3 Å². The maximum Gasteiger partial charge on any atom is 0.262 e. The molecule has 29 heavy (non-hydrogen) atoms. The van der Waals surface area contributed by atoms with Crippen LogP contribution in [0.4, 0.5) is 4.39 Å². The van der Waals surface area contributed by atoms with Gasteiger partial charge in [-0.1, -0.05) is 34.5 Å². The number of carbonyl (C=O) groups is 1. The summed E-state index contributed by atoms with van der Waals surface area (Å²) in [5, 5.41) is 3.35. The second-order valence-corrected chi connectivity index (χ2v) is 8.06. The van der Waals surface area contributed by atoms with Crippen molar-refractivity contribution in [1.82, 2.24) is 14.9 Å². The lowest BCUT2D eigenvalue weighted by Gasteiger charge is -2.09. The first-order chi connectivity index (χ1) is 14.0. The largest absolute Gasteiger partial charge is 0.352 e. The lowest BCUT2D eigenvalue weighted by Crippen LogP contribution is -2.23. The standard InChI is InChI=1S/C21H21BrFN3O2S/c22-15-9-10-17(23)14(12-15)13-24-19(27)8-2-1-5-11-26-20(28)16-6-3-4-7-18(16)25-21(26)29/h3-4,6-7,9-10,12H,1-2,5,8,11,13H2,(H,24,27)(H,25,29). The molecule has 0 spiro atoms. The summed E-state index contributed by atoms with van der Waals surface area (Å²) in [6, 6.07) is 11.9. The van der Waals surface area contributed by atoms with Gasteiger partial charge in [-0.25, -0.2) is 4.39 Å². The predicted octanol–water partition coefficient (Wildman–Crippen LogP) is 4.84. The summed E-state index contributed by atoms with van der Waals surface area (Å²) in [7, 11) is 0. The van der Waals surface area contributed by atoms with Gasteiger partial charge in [0.2, 0.25) is 5.91 Å². The molecule has 0 saturated carbocycles. The first kappa shape index (κ1) is 21.4. The Morgan fingerprint density at radius 1 is 1.17 bits per heavy atom. The smallest absolute Gasteiger partial charge is 0.262 e. The van der Waals surface area contributed by atoms with Crippen molar-refractivity contribution in [2.45, 2.75) is 38.8 Å². The monoisotopic (exact) mass is 477 g/mol. The van der Waals surface area contributed by atoms with Crippen LogP contribution in [0.25, 0.3) is 10.9 Å². The number of benzene rings is 2. The van der Waals surface area contributed by atoms with E-state index < -0.39 is 0 Å². The molecule has 0 aliphatic rings. The number of carbonyl (C=O) groups excluding carboxylic acids is 1. The Hall–Kier alpha value is -2.32. The number of hydrogen-bond donors (Lipinski definition) is 2. The minimum Gasteiger partial charge on any atom is -0.352 e. The van der Waals surface area contributed by atoms with Crippen molar-refractivity contribution < 1.29 is 9.18 Å². The average molecular weight is 478 g/mol. The normalized spacial score (nSPS) is 11.0. The van der Waals surface area contributed by atoms with Gasteiger partial charge in [-0.05, 0) is 55.4 Å². The summed E-state index contributed by atoms with van der Waals surface area (Å²) < 4.78 is 16.4. The van der Waals surface area contributed by atoms with Crippen LogP contribution in [-0.4, -0.2) is 15.5 Å². The molecule has 5 nitrogen and oxygen atoms in total. The Kier molecular flexibility index (Phi) is 7.33. The third-order valence-electron chi connectivity index (χ3n) is 4.66. The topological polar surface area (TPSA) is 66.9 Å². The van der Waals surface area contributed by atoms with E-state index in [2.05, 4.69) is 26.2 Å². The number of nitrogens with one attached hydrogen (secondary N) is 2. The van der Waals surface area contributed by atoms with Crippen molar-refractivity contribution in [1.29, 1.82) is 0 Å². The number of amides is 1. The Bertz CT molecular complexity index is 1140. The summed E-state index contributed by atoms with van der Waals surface area (Å²) in [6.07, 6.45) is 2.57. The molecule has 1 amide bonds. The number of unbranched alkanes of at least 4 members (excludes halogenated alkanes) is 2. The minimum absolute atomic E-state index is 0.0989. The molecule has 1 aromatic heterocycles. The Morgan fingerprint density at radius 3 is 2.79 bits per heavy atom. The number of fused-ring (bicyclic) bond motifs is 1. The van der Waals surface area contributed by atoms with Crippen LogP contribution in [0.5, 0.6) is 0 Å². The van der Waals surface area contributed by atoms with Crippen LogP contribution in [0, 0.1) is 10.6 Å². The number of halogens is 2. The molecule has 2 N–H and O–H groups in total. The van der Waals surface area contributed by atoms with Crippen LogP contribution in [0.2, 0.25) is 0 Å². The van der Waals surface area contributed by atoms with Gasteiger partial charge in [-0.3, -0.25) is 14.2 Å². The van der Waals surface area contributed by atoms with E-state index in [1.165, 1.54) is 6.07 Å². The summed E-state index contributed by atoms with van der Waals surface area (Å²) in [5.41, 5.74) is 1.08. The van der Waals surface area contributed by atoms with E-state index in [9.17, 15) is 14.0 Å². The van der Waals surface area contributed by atoms with Gasteiger partial charge in [0, 0.05) is 29.5 Å². The summed E-state index contributed by atoms with van der Waals surface area (Å²) in [4.78, 5) is 27.6. The van der Waals surface area contributed by atoms with Crippen molar-refractivity contribution in [3.8, 4) is 0 Å². The number of rotatable bonds is 8. The van der Waals surface area contributed by atoms with Gasteiger partial charge in [-0.2, -0.15) is 0 Å².